The average molecular weight is 338 g/mol. The van der Waals surface area contributed by atoms with Gasteiger partial charge in [0, 0.05) is 12.4 Å². The summed E-state index contributed by atoms with van der Waals surface area (Å²) in [5, 5.41) is 0. The second-order valence-electron chi connectivity index (χ2n) is 4.60. The van der Waals surface area contributed by atoms with Crippen LogP contribution in [-0.2, 0) is 12.8 Å². The molecule has 3 N–H and O–H groups in total. The SMILES string of the molecule is CCc1cnccc1C(Cc1ccc(F)c(Br)c1)NN. The fourth-order valence-electron chi connectivity index (χ4n) is 2.23. The number of hydrogen-bond acceptors (Lipinski definition) is 3. The van der Waals surface area contributed by atoms with E-state index in [-0.39, 0.29) is 11.9 Å². The van der Waals surface area contributed by atoms with E-state index < -0.39 is 0 Å². The van der Waals surface area contributed by atoms with Crippen LogP contribution >= 0.6 is 15.9 Å². The number of rotatable bonds is 5. The number of nitrogens with two attached hydrogens (primary N) is 1. The zero-order valence-electron chi connectivity index (χ0n) is 11.2. The molecule has 1 unspecified atom stereocenters. The van der Waals surface area contributed by atoms with E-state index in [4.69, 9.17) is 5.84 Å². The van der Waals surface area contributed by atoms with Crippen LogP contribution in [0.2, 0.25) is 0 Å². The molecule has 2 aromatic rings. The van der Waals surface area contributed by atoms with E-state index in [2.05, 4.69) is 33.3 Å². The summed E-state index contributed by atoms with van der Waals surface area (Å²) < 4.78 is 13.7. The number of hydrazine groups is 1. The van der Waals surface area contributed by atoms with Crippen molar-refractivity contribution in [1.29, 1.82) is 0 Å². The Morgan fingerprint density at radius 2 is 2.20 bits per heavy atom. The van der Waals surface area contributed by atoms with Gasteiger partial charge < -0.3 is 0 Å². The van der Waals surface area contributed by atoms with E-state index in [1.165, 1.54) is 6.07 Å². The Morgan fingerprint density at radius 1 is 1.40 bits per heavy atom. The summed E-state index contributed by atoms with van der Waals surface area (Å²) in [6.45, 7) is 2.09. The third-order valence-electron chi connectivity index (χ3n) is 3.32. The molecule has 1 atom stereocenters. The predicted molar refractivity (Wildman–Crippen MR) is 81.5 cm³/mol. The molecular weight excluding hydrogens is 321 g/mol. The van der Waals surface area contributed by atoms with Crippen molar-refractivity contribution in [2.24, 2.45) is 5.84 Å². The summed E-state index contributed by atoms with van der Waals surface area (Å²) >= 11 is 3.21. The Kier molecular flexibility index (Phi) is 5.23. The van der Waals surface area contributed by atoms with Gasteiger partial charge in [-0.05, 0) is 63.7 Å². The molecule has 0 radical (unpaired) electrons. The molecule has 0 saturated heterocycles. The highest BCUT2D eigenvalue weighted by atomic mass is 79.9. The van der Waals surface area contributed by atoms with Gasteiger partial charge in [0.2, 0.25) is 0 Å². The zero-order valence-corrected chi connectivity index (χ0v) is 12.8. The highest BCUT2D eigenvalue weighted by molar-refractivity contribution is 9.10. The average Bonchev–Trinajstić information content (AvgIpc) is 2.48. The summed E-state index contributed by atoms with van der Waals surface area (Å²) in [6, 6.07) is 6.97. The van der Waals surface area contributed by atoms with Crippen LogP contribution in [0.5, 0.6) is 0 Å². The molecule has 1 heterocycles. The van der Waals surface area contributed by atoms with Gasteiger partial charge in [-0.3, -0.25) is 16.3 Å². The Bertz CT molecular complexity index is 589. The van der Waals surface area contributed by atoms with Crippen molar-refractivity contribution in [3.8, 4) is 0 Å². The number of nitrogens with one attached hydrogen (secondary N) is 1. The van der Waals surface area contributed by atoms with Crippen molar-refractivity contribution in [2.75, 3.05) is 0 Å². The molecule has 5 heteroatoms. The summed E-state index contributed by atoms with van der Waals surface area (Å²) in [6.07, 6.45) is 5.21. The van der Waals surface area contributed by atoms with E-state index in [1.807, 2.05) is 12.3 Å². The molecular formula is C15H17BrFN3. The molecule has 0 spiro atoms. The summed E-state index contributed by atoms with van der Waals surface area (Å²) in [4.78, 5) is 4.14. The maximum atomic E-state index is 13.3. The molecule has 0 aliphatic heterocycles. The minimum Gasteiger partial charge on any atom is -0.271 e. The lowest BCUT2D eigenvalue weighted by Gasteiger charge is -2.19. The van der Waals surface area contributed by atoms with Gasteiger partial charge in [-0.15, -0.1) is 0 Å². The van der Waals surface area contributed by atoms with Crippen LogP contribution < -0.4 is 11.3 Å². The van der Waals surface area contributed by atoms with Crippen molar-refractivity contribution in [3.05, 3.63) is 63.6 Å². The van der Waals surface area contributed by atoms with Crippen LogP contribution in [0, 0.1) is 5.82 Å². The smallest absolute Gasteiger partial charge is 0.137 e. The summed E-state index contributed by atoms with van der Waals surface area (Å²) in [5.41, 5.74) is 6.15. The monoisotopic (exact) mass is 337 g/mol. The topological polar surface area (TPSA) is 50.9 Å². The number of aromatic nitrogens is 1. The van der Waals surface area contributed by atoms with E-state index >= 15 is 0 Å². The van der Waals surface area contributed by atoms with Gasteiger partial charge in [-0.1, -0.05) is 13.0 Å². The van der Waals surface area contributed by atoms with E-state index in [9.17, 15) is 4.39 Å². The molecule has 1 aromatic heterocycles. The number of halogens is 2. The number of aryl methyl sites for hydroxylation is 1. The summed E-state index contributed by atoms with van der Waals surface area (Å²) in [7, 11) is 0. The quantitative estimate of drug-likeness (QED) is 0.650. The molecule has 20 heavy (non-hydrogen) atoms. The fourth-order valence-corrected chi connectivity index (χ4v) is 2.66. The number of nitrogens with zero attached hydrogens (tertiary/aromatic N) is 1. The summed E-state index contributed by atoms with van der Waals surface area (Å²) in [5.74, 6) is 5.43. The number of benzene rings is 1. The van der Waals surface area contributed by atoms with Crippen LogP contribution in [-0.4, -0.2) is 4.98 Å². The zero-order chi connectivity index (χ0) is 14.5. The fraction of sp³-hybridized carbons (Fsp3) is 0.267. The molecule has 1 aromatic carbocycles. The van der Waals surface area contributed by atoms with Crippen molar-refractivity contribution in [3.63, 3.8) is 0 Å². The Morgan fingerprint density at radius 3 is 2.85 bits per heavy atom. The third-order valence-corrected chi connectivity index (χ3v) is 3.93. The van der Waals surface area contributed by atoms with Crippen molar-refractivity contribution in [2.45, 2.75) is 25.8 Å². The van der Waals surface area contributed by atoms with E-state index in [0.717, 1.165) is 23.1 Å². The van der Waals surface area contributed by atoms with Gasteiger partial charge in [0.1, 0.15) is 5.82 Å². The maximum absolute atomic E-state index is 13.3. The largest absolute Gasteiger partial charge is 0.271 e. The van der Waals surface area contributed by atoms with Crippen LogP contribution in [0.1, 0.15) is 29.7 Å². The molecule has 0 saturated carbocycles. The predicted octanol–water partition coefficient (Wildman–Crippen LogP) is 3.29. The highest BCUT2D eigenvalue weighted by Gasteiger charge is 2.14. The second kappa shape index (κ2) is 6.92. The molecule has 0 amide bonds. The maximum Gasteiger partial charge on any atom is 0.137 e. The normalized spacial score (nSPS) is 12.4. The first-order valence-corrected chi connectivity index (χ1v) is 7.27. The van der Waals surface area contributed by atoms with Crippen LogP contribution in [0.25, 0.3) is 0 Å². The van der Waals surface area contributed by atoms with Gasteiger partial charge in [0.15, 0.2) is 0 Å². The van der Waals surface area contributed by atoms with E-state index in [1.54, 1.807) is 18.3 Å². The van der Waals surface area contributed by atoms with Gasteiger partial charge >= 0.3 is 0 Å². The first kappa shape index (κ1) is 15.1. The van der Waals surface area contributed by atoms with Crippen molar-refractivity contribution >= 4 is 15.9 Å². The van der Waals surface area contributed by atoms with Gasteiger partial charge in [-0.2, -0.15) is 0 Å². The van der Waals surface area contributed by atoms with Crippen molar-refractivity contribution in [1.82, 2.24) is 10.4 Å². The first-order valence-electron chi connectivity index (χ1n) is 6.48. The second-order valence-corrected chi connectivity index (χ2v) is 5.45. The number of pyridine rings is 1. The standard InChI is InChI=1S/C15H17BrFN3/c1-2-11-9-19-6-5-12(11)15(20-18)8-10-3-4-14(17)13(16)7-10/h3-7,9,15,20H,2,8,18H2,1H3. The highest BCUT2D eigenvalue weighted by Crippen LogP contribution is 2.24. The molecule has 2 rings (SSSR count). The molecule has 0 bridgehead atoms. The van der Waals surface area contributed by atoms with Gasteiger partial charge in [0.05, 0.1) is 10.5 Å². The minimum absolute atomic E-state index is 0.0229. The first-order chi connectivity index (χ1) is 9.65. The molecule has 0 fully saturated rings. The lowest BCUT2D eigenvalue weighted by atomic mass is 9.95. The van der Waals surface area contributed by atoms with Crippen LogP contribution in [0.15, 0.2) is 41.1 Å². The molecule has 3 nitrogen and oxygen atoms in total. The van der Waals surface area contributed by atoms with E-state index in [0.29, 0.717) is 10.9 Å². The number of hydrogen-bond donors (Lipinski definition) is 2. The van der Waals surface area contributed by atoms with Gasteiger partial charge in [-0.25, -0.2) is 4.39 Å². The van der Waals surface area contributed by atoms with Gasteiger partial charge in [0.25, 0.3) is 0 Å². The third kappa shape index (κ3) is 3.42. The minimum atomic E-state index is -0.260. The Balaban J connectivity index is 2.26. The lowest BCUT2D eigenvalue weighted by molar-refractivity contribution is 0.545. The Labute approximate surface area is 126 Å². The molecule has 0 aliphatic rings. The lowest BCUT2D eigenvalue weighted by Crippen LogP contribution is -2.30. The van der Waals surface area contributed by atoms with Crippen molar-refractivity contribution < 1.29 is 4.39 Å². The Hall–Kier alpha value is -1.30. The van der Waals surface area contributed by atoms with Crippen LogP contribution in [0.4, 0.5) is 4.39 Å². The van der Waals surface area contributed by atoms with Crippen LogP contribution in [0.3, 0.4) is 0 Å². The molecule has 0 aliphatic carbocycles. The molecule has 106 valence electrons.